The van der Waals surface area contributed by atoms with Crippen LogP contribution < -0.4 is 4.74 Å². The van der Waals surface area contributed by atoms with Crippen molar-refractivity contribution < 1.29 is 14.3 Å². The van der Waals surface area contributed by atoms with Crippen LogP contribution in [-0.4, -0.2) is 37.6 Å². The molecular weight excluding hydrogens is 350 g/mol. The van der Waals surface area contributed by atoms with Gasteiger partial charge in [-0.1, -0.05) is 36.4 Å². The summed E-state index contributed by atoms with van der Waals surface area (Å²) >= 11 is 0. The van der Waals surface area contributed by atoms with E-state index in [1.165, 1.54) is 16.7 Å². The number of rotatable bonds is 6. The van der Waals surface area contributed by atoms with Gasteiger partial charge in [0, 0.05) is 12.1 Å². The summed E-state index contributed by atoms with van der Waals surface area (Å²) in [5.74, 6) is 0.649. The van der Waals surface area contributed by atoms with Crippen LogP contribution >= 0.6 is 0 Å². The Labute approximate surface area is 167 Å². The van der Waals surface area contributed by atoms with Gasteiger partial charge in [0.05, 0.1) is 12.5 Å². The highest BCUT2D eigenvalue weighted by molar-refractivity contribution is 5.85. The predicted molar refractivity (Wildman–Crippen MR) is 112 cm³/mol. The molecule has 0 spiro atoms. The van der Waals surface area contributed by atoms with Crippen molar-refractivity contribution in [1.29, 1.82) is 0 Å². The molecule has 1 aliphatic rings. The summed E-state index contributed by atoms with van der Waals surface area (Å²) < 4.78 is 11.4. The van der Waals surface area contributed by atoms with Crippen molar-refractivity contribution in [2.24, 2.45) is 0 Å². The largest absolute Gasteiger partial charge is 0.488 e. The third-order valence-electron chi connectivity index (χ3n) is 4.67. The SMILES string of the molecule is CC(C)OC(=O)Cc1ccc2c(c1)/C(=C\CCN(C)C)c1ccccc1CO2. The maximum Gasteiger partial charge on any atom is 0.310 e. The monoisotopic (exact) mass is 379 g/mol. The second-order valence-electron chi connectivity index (χ2n) is 7.70. The molecule has 2 aromatic rings. The molecule has 0 atom stereocenters. The number of hydrogen-bond donors (Lipinski definition) is 0. The molecule has 4 nitrogen and oxygen atoms in total. The smallest absolute Gasteiger partial charge is 0.310 e. The summed E-state index contributed by atoms with van der Waals surface area (Å²) in [6, 6.07) is 14.4. The van der Waals surface area contributed by atoms with Crippen molar-refractivity contribution in [2.75, 3.05) is 20.6 Å². The Morgan fingerprint density at radius 2 is 1.96 bits per heavy atom. The van der Waals surface area contributed by atoms with Gasteiger partial charge in [0.1, 0.15) is 12.4 Å². The van der Waals surface area contributed by atoms with Crippen LogP contribution in [0.25, 0.3) is 5.57 Å². The highest BCUT2D eigenvalue weighted by Crippen LogP contribution is 2.37. The van der Waals surface area contributed by atoms with Crippen LogP contribution in [0.15, 0.2) is 48.5 Å². The van der Waals surface area contributed by atoms with E-state index in [9.17, 15) is 4.79 Å². The van der Waals surface area contributed by atoms with Crippen LogP contribution in [0.4, 0.5) is 0 Å². The molecule has 0 bridgehead atoms. The third-order valence-corrected chi connectivity index (χ3v) is 4.67. The number of ether oxygens (including phenoxy) is 2. The highest BCUT2D eigenvalue weighted by Gasteiger charge is 2.20. The van der Waals surface area contributed by atoms with Crippen LogP contribution in [0.2, 0.25) is 0 Å². The number of benzene rings is 2. The number of esters is 1. The first-order valence-corrected chi connectivity index (χ1v) is 9.83. The van der Waals surface area contributed by atoms with Crippen LogP contribution in [0, 0.1) is 0 Å². The van der Waals surface area contributed by atoms with Gasteiger partial charge in [-0.15, -0.1) is 0 Å². The molecule has 28 heavy (non-hydrogen) atoms. The Morgan fingerprint density at radius 1 is 1.18 bits per heavy atom. The molecule has 0 fully saturated rings. The summed E-state index contributed by atoms with van der Waals surface area (Å²) in [7, 11) is 4.16. The zero-order chi connectivity index (χ0) is 20.1. The van der Waals surface area contributed by atoms with Crippen molar-refractivity contribution in [3.63, 3.8) is 0 Å². The molecule has 4 heteroatoms. The molecule has 0 saturated heterocycles. The van der Waals surface area contributed by atoms with E-state index in [4.69, 9.17) is 9.47 Å². The normalized spacial score (nSPS) is 14.4. The Morgan fingerprint density at radius 3 is 2.71 bits per heavy atom. The van der Waals surface area contributed by atoms with E-state index in [0.717, 1.165) is 29.8 Å². The number of fused-ring (bicyclic) bond motifs is 2. The molecule has 0 N–H and O–H groups in total. The Hall–Kier alpha value is -2.59. The van der Waals surface area contributed by atoms with Gasteiger partial charge >= 0.3 is 5.97 Å². The van der Waals surface area contributed by atoms with Gasteiger partial charge in [0.2, 0.25) is 0 Å². The lowest BCUT2D eigenvalue weighted by molar-refractivity contribution is -0.146. The summed E-state index contributed by atoms with van der Waals surface area (Å²) in [6.07, 6.45) is 3.38. The van der Waals surface area contributed by atoms with Crippen LogP contribution in [0.5, 0.6) is 5.75 Å². The second kappa shape index (κ2) is 9.07. The van der Waals surface area contributed by atoms with Gasteiger partial charge in [-0.2, -0.15) is 0 Å². The summed E-state index contributed by atoms with van der Waals surface area (Å²) in [5, 5.41) is 0. The standard InChI is InChI=1S/C24H29NO3/c1-17(2)28-24(26)15-18-11-12-23-22(14-18)21(10-7-13-25(3)4)20-9-6-5-8-19(20)16-27-23/h5-6,8-12,14,17H,7,13,15-16H2,1-4H3/b21-10-. The highest BCUT2D eigenvalue weighted by atomic mass is 16.5. The Kier molecular flexibility index (Phi) is 6.53. The molecular formula is C24H29NO3. The van der Waals surface area contributed by atoms with E-state index in [1.54, 1.807) is 0 Å². The van der Waals surface area contributed by atoms with E-state index in [0.29, 0.717) is 6.61 Å². The topological polar surface area (TPSA) is 38.8 Å². The first-order valence-electron chi connectivity index (χ1n) is 9.83. The van der Waals surface area contributed by atoms with Crippen molar-refractivity contribution in [2.45, 2.75) is 39.4 Å². The van der Waals surface area contributed by atoms with E-state index >= 15 is 0 Å². The molecule has 3 rings (SSSR count). The quantitative estimate of drug-likeness (QED) is 0.695. The minimum Gasteiger partial charge on any atom is -0.488 e. The first-order chi connectivity index (χ1) is 13.4. The summed E-state index contributed by atoms with van der Waals surface area (Å²) in [5.41, 5.74) is 5.52. The van der Waals surface area contributed by atoms with Gasteiger partial charge in [-0.3, -0.25) is 4.79 Å². The lowest BCUT2D eigenvalue weighted by atomic mass is 9.92. The van der Waals surface area contributed by atoms with Crippen LogP contribution in [0.3, 0.4) is 0 Å². The molecule has 0 aliphatic carbocycles. The number of carbonyl (C=O) groups excluding carboxylic acids is 1. The third kappa shape index (κ3) is 5.02. The van der Waals surface area contributed by atoms with Crippen molar-refractivity contribution in [1.82, 2.24) is 4.90 Å². The molecule has 0 amide bonds. The van der Waals surface area contributed by atoms with Crippen molar-refractivity contribution >= 4 is 11.5 Å². The fourth-order valence-corrected chi connectivity index (χ4v) is 3.39. The minimum absolute atomic E-state index is 0.106. The zero-order valence-corrected chi connectivity index (χ0v) is 17.2. The fourth-order valence-electron chi connectivity index (χ4n) is 3.39. The Balaban J connectivity index is 1.98. The summed E-state index contributed by atoms with van der Waals surface area (Å²) in [6.45, 7) is 5.25. The average molecular weight is 380 g/mol. The van der Waals surface area contributed by atoms with Gasteiger partial charge in [-0.05, 0) is 68.8 Å². The molecule has 1 heterocycles. The van der Waals surface area contributed by atoms with E-state index in [2.05, 4.69) is 49.3 Å². The lowest BCUT2D eigenvalue weighted by Crippen LogP contribution is -2.13. The minimum atomic E-state index is -0.206. The van der Waals surface area contributed by atoms with E-state index in [1.807, 2.05) is 32.0 Å². The van der Waals surface area contributed by atoms with Gasteiger partial charge in [0.15, 0.2) is 0 Å². The molecule has 0 saturated carbocycles. The fraction of sp³-hybridized carbons (Fsp3) is 0.375. The van der Waals surface area contributed by atoms with Gasteiger partial charge in [0.25, 0.3) is 0 Å². The maximum absolute atomic E-state index is 12.1. The van der Waals surface area contributed by atoms with Crippen LogP contribution in [-0.2, 0) is 22.6 Å². The average Bonchev–Trinajstić information content (AvgIpc) is 2.78. The molecule has 1 aliphatic heterocycles. The number of nitrogens with zero attached hydrogens (tertiary/aromatic N) is 1. The summed E-state index contributed by atoms with van der Waals surface area (Å²) in [4.78, 5) is 14.3. The Bertz CT molecular complexity index is 868. The van der Waals surface area contributed by atoms with Gasteiger partial charge < -0.3 is 14.4 Å². The second-order valence-corrected chi connectivity index (χ2v) is 7.70. The van der Waals surface area contributed by atoms with Crippen molar-refractivity contribution in [3.8, 4) is 5.75 Å². The molecule has 0 unspecified atom stereocenters. The molecule has 2 aromatic carbocycles. The molecule has 0 radical (unpaired) electrons. The maximum atomic E-state index is 12.1. The van der Waals surface area contributed by atoms with E-state index in [-0.39, 0.29) is 18.5 Å². The van der Waals surface area contributed by atoms with Crippen LogP contribution in [0.1, 0.15) is 42.5 Å². The predicted octanol–water partition coefficient (Wildman–Crippen LogP) is 4.46. The zero-order valence-electron chi connectivity index (χ0n) is 17.2. The first kappa shape index (κ1) is 20.2. The van der Waals surface area contributed by atoms with Gasteiger partial charge in [-0.25, -0.2) is 0 Å². The number of hydrogen-bond acceptors (Lipinski definition) is 4. The lowest BCUT2D eigenvalue weighted by Gasteiger charge is -2.14. The number of carbonyl (C=O) groups is 1. The molecule has 0 aromatic heterocycles. The van der Waals surface area contributed by atoms with E-state index < -0.39 is 0 Å². The van der Waals surface area contributed by atoms with Crippen molar-refractivity contribution in [3.05, 3.63) is 70.8 Å². The molecule has 148 valence electrons.